The predicted octanol–water partition coefficient (Wildman–Crippen LogP) is 5.88. The third-order valence-electron chi connectivity index (χ3n) is 4.39. The molecule has 0 saturated heterocycles. The number of ether oxygens (including phenoxy) is 1. The molecular formula is C23H18Cl2N4O2S. The monoisotopic (exact) mass is 484 g/mol. The Bertz CT molecular complexity index is 1180. The number of nitrogens with zero attached hydrogens (tertiary/aromatic N) is 3. The number of thioether (sulfide) groups is 1. The largest absolute Gasteiger partial charge is 0.486 e. The number of rotatable bonds is 8. The average molecular weight is 485 g/mol. The molecule has 0 bridgehead atoms. The van der Waals surface area contributed by atoms with Gasteiger partial charge in [0.2, 0.25) is 5.91 Å². The molecule has 1 aromatic heterocycles. The van der Waals surface area contributed by atoms with Crippen LogP contribution < -0.4 is 10.1 Å². The van der Waals surface area contributed by atoms with Gasteiger partial charge in [-0.3, -0.25) is 9.36 Å². The highest BCUT2D eigenvalue weighted by Crippen LogP contribution is 2.30. The Morgan fingerprint density at radius 1 is 0.906 bits per heavy atom. The lowest BCUT2D eigenvalue weighted by Gasteiger charge is -2.12. The molecule has 162 valence electrons. The maximum absolute atomic E-state index is 12.5. The highest BCUT2D eigenvalue weighted by atomic mass is 35.5. The predicted molar refractivity (Wildman–Crippen MR) is 128 cm³/mol. The van der Waals surface area contributed by atoms with Crippen LogP contribution in [-0.4, -0.2) is 26.4 Å². The van der Waals surface area contributed by atoms with Crippen molar-refractivity contribution in [2.24, 2.45) is 0 Å². The average Bonchev–Trinajstić information content (AvgIpc) is 3.23. The number of benzene rings is 3. The minimum Gasteiger partial charge on any atom is -0.486 e. The molecule has 0 saturated carbocycles. The van der Waals surface area contributed by atoms with Crippen LogP contribution in [0.15, 0.2) is 84.0 Å². The molecule has 4 rings (SSSR count). The van der Waals surface area contributed by atoms with Crippen LogP contribution in [0.1, 0.15) is 5.82 Å². The Morgan fingerprint density at radius 2 is 1.56 bits per heavy atom. The van der Waals surface area contributed by atoms with Crippen LogP contribution in [0.5, 0.6) is 5.75 Å². The highest BCUT2D eigenvalue weighted by molar-refractivity contribution is 7.99. The third-order valence-corrected chi connectivity index (χ3v) is 5.94. The molecule has 1 N–H and O–H groups in total. The van der Waals surface area contributed by atoms with E-state index in [1.165, 1.54) is 11.8 Å². The molecule has 0 aliphatic carbocycles. The van der Waals surface area contributed by atoms with Crippen molar-refractivity contribution < 1.29 is 9.53 Å². The van der Waals surface area contributed by atoms with E-state index in [4.69, 9.17) is 27.9 Å². The van der Waals surface area contributed by atoms with Gasteiger partial charge >= 0.3 is 0 Å². The summed E-state index contributed by atoms with van der Waals surface area (Å²) in [5, 5.41) is 12.7. The zero-order chi connectivity index (χ0) is 22.3. The molecule has 4 aromatic rings. The first-order chi connectivity index (χ1) is 15.6. The van der Waals surface area contributed by atoms with Crippen molar-refractivity contribution in [1.82, 2.24) is 14.8 Å². The molecule has 0 unspecified atom stereocenters. The Kier molecular flexibility index (Phi) is 7.32. The number of hydrogen-bond acceptors (Lipinski definition) is 5. The number of para-hydroxylation sites is 3. The Hall–Kier alpha value is -3.00. The van der Waals surface area contributed by atoms with Gasteiger partial charge in [-0.2, -0.15) is 0 Å². The van der Waals surface area contributed by atoms with E-state index in [1.807, 2.05) is 65.2 Å². The molecule has 1 heterocycles. The van der Waals surface area contributed by atoms with Gasteiger partial charge in [-0.25, -0.2) is 0 Å². The lowest BCUT2D eigenvalue weighted by molar-refractivity contribution is -0.113. The number of carbonyl (C=O) groups excluding carboxylic acids is 1. The third kappa shape index (κ3) is 5.43. The van der Waals surface area contributed by atoms with Crippen molar-refractivity contribution in [3.8, 4) is 11.4 Å². The molecule has 9 heteroatoms. The summed E-state index contributed by atoms with van der Waals surface area (Å²) < 4.78 is 7.74. The van der Waals surface area contributed by atoms with E-state index in [-0.39, 0.29) is 18.3 Å². The molecule has 0 atom stereocenters. The normalized spacial score (nSPS) is 10.7. The van der Waals surface area contributed by atoms with Gasteiger partial charge in [0.05, 0.1) is 21.5 Å². The van der Waals surface area contributed by atoms with Crippen LogP contribution in [0.2, 0.25) is 10.0 Å². The zero-order valence-corrected chi connectivity index (χ0v) is 19.1. The smallest absolute Gasteiger partial charge is 0.234 e. The van der Waals surface area contributed by atoms with Gasteiger partial charge in [0.15, 0.2) is 11.0 Å². The van der Waals surface area contributed by atoms with Crippen LogP contribution in [-0.2, 0) is 11.4 Å². The summed E-state index contributed by atoms with van der Waals surface area (Å²) >= 11 is 13.5. The van der Waals surface area contributed by atoms with Crippen LogP contribution >= 0.6 is 35.0 Å². The standard InChI is InChI=1S/C23H18Cl2N4O2S/c24-18-12-7-13-19(25)22(18)26-21(30)15-32-23-28-27-20(14-31-17-10-5-2-6-11-17)29(23)16-8-3-1-4-9-16/h1-13H,14-15H2,(H,26,30). The van der Waals surface area contributed by atoms with Gasteiger partial charge in [-0.15, -0.1) is 10.2 Å². The van der Waals surface area contributed by atoms with Crippen molar-refractivity contribution in [2.75, 3.05) is 11.1 Å². The Morgan fingerprint density at radius 3 is 2.25 bits per heavy atom. The first-order valence-corrected chi connectivity index (χ1v) is 11.4. The molecule has 32 heavy (non-hydrogen) atoms. The van der Waals surface area contributed by atoms with E-state index in [9.17, 15) is 4.79 Å². The number of aromatic nitrogens is 3. The molecule has 0 fully saturated rings. The molecule has 0 spiro atoms. The summed E-state index contributed by atoms with van der Waals surface area (Å²) in [6.45, 7) is 0.230. The van der Waals surface area contributed by atoms with Gasteiger partial charge < -0.3 is 10.1 Å². The van der Waals surface area contributed by atoms with E-state index in [0.29, 0.717) is 26.7 Å². The number of nitrogens with one attached hydrogen (secondary N) is 1. The maximum atomic E-state index is 12.5. The van der Waals surface area contributed by atoms with Crippen molar-refractivity contribution in [2.45, 2.75) is 11.8 Å². The summed E-state index contributed by atoms with van der Waals surface area (Å²) in [6.07, 6.45) is 0. The van der Waals surface area contributed by atoms with Gasteiger partial charge in [0.1, 0.15) is 12.4 Å². The summed E-state index contributed by atoms with van der Waals surface area (Å²) in [5.74, 6) is 1.21. The van der Waals surface area contributed by atoms with Crippen LogP contribution in [0.3, 0.4) is 0 Å². The van der Waals surface area contributed by atoms with Crippen LogP contribution in [0.4, 0.5) is 5.69 Å². The quantitative estimate of drug-likeness (QED) is 0.316. The first kappa shape index (κ1) is 22.2. The second-order valence-corrected chi connectivity index (χ2v) is 8.36. The minimum atomic E-state index is -0.255. The minimum absolute atomic E-state index is 0.103. The SMILES string of the molecule is O=C(CSc1nnc(COc2ccccc2)n1-c1ccccc1)Nc1c(Cl)cccc1Cl. The summed E-state index contributed by atoms with van der Waals surface area (Å²) in [5.41, 5.74) is 1.27. The maximum Gasteiger partial charge on any atom is 0.234 e. The number of hydrogen-bond donors (Lipinski definition) is 1. The van der Waals surface area contributed by atoms with Crippen molar-refractivity contribution in [3.05, 3.63) is 94.7 Å². The Labute approximate surface area is 199 Å². The van der Waals surface area contributed by atoms with E-state index >= 15 is 0 Å². The van der Waals surface area contributed by atoms with Gasteiger partial charge in [0, 0.05) is 5.69 Å². The fourth-order valence-electron chi connectivity index (χ4n) is 2.91. The Balaban J connectivity index is 1.50. The van der Waals surface area contributed by atoms with E-state index < -0.39 is 0 Å². The van der Waals surface area contributed by atoms with Crippen molar-refractivity contribution >= 4 is 46.6 Å². The van der Waals surface area contributed by atoms with Gasteiger partial charge in [0.25, 0.3) is 0 Å². The number of anilines is 1. The highest BCUT2D eigenvalue weighted by Gasteiger charge is 2.17. The zero-order valence-electron chi connectivity index (χ0n) is 16.7. The lowest BCUT2D eigenvalue weighted by Crippen LogP contribution is -2.15. The second-order valence-electron chi connectivity index (χ2n) is 6.60. The van der Waals surface area contributed by atoms with E-state index in [1.54, 1.807) is 18.2 Å². The molecule has 6 nitrogen and oxygen atoms in total. The molecule has 0 aliphatic rings. The lowest BCUT2D eigenvalue weighted by atomic mass is 10.3. The molecule has 3 aromatic carbocycles. The number of halogens is 2. The number of carbonyl (C=O) groups is 1. The molecule has 0 aliphatic heterocycles. The van der Waals surface area contributed by atoms with E-state index in [2.05, 4.69) is 15.5 Å². The molecule has 1 amide bonds. The van der Waals surface area contributed by atoms with Crippen LogP contribution in [0.25, 0.3) is 5.69 Å². The fraction of sp³-hybridized carbons (Fsp3) is 0.0870. The van der Waals surface area contributed by atoms with E-state index in [0.717, 1.165) is 11.4 Å². The van der Waals surface area contributed by atoms with Gasteiger partial charge in [-0.1, -0.05) is 77.4 Å². The second kappa shape index (κ2) is 10.5. The summed E-state index contributed by atoms with van der Waals surface area (Å²) in [7, 11) is 0. The van der Waals surface area contributed by atoms with Crippen molar-refractivity contribution in [1.29, 1.82) is 0 Å². The topological polar surface area (TPSA) is 69.0 Å². The summed E-state index contributed by atoms with van der Waals surface area (Å²) in [4.78, 5) is 12.5. The molecule has 0 radical (unpaired) electrons. The van der Waals surface area contributed by atoms with Gasteiger partial charge in [-0.05, 0) is 36.4 Å². The fourth-order valence-corrected chi connectivity index (χ4v) is 4.17. The number of amides is 1. The molecular weight excluding hydrogens is 467 g/mol. The summed E-state index contributed by atoms with van der Waals surface area (Å²) in [6, 6.07) is 24.2. The first-order valence-electron chi connectivity index (χ1n) is 9.66. The van der Waals surface area contributed by atoms with Crippen LogP contribution in [0, 0.1) is 0 Å². The van der Waals surface area contributed by atoms with Crippen molar-refractivity contribution in [3.63, 3.8) is 0 Å².